The maximum Gasteiger partial charge on any atom is 0.336 e. The van der Waals surface area contributed by atoms with Crippen LogP contribution in [0.3, 0.4) is 0 Å². The van der Waals surface area contributed by atoms with Gasteiger partial charge in [0.2, 0.25) is 5.95 Å². The molecule has 1 unspecified atom stereocenters. The molecule has 0 bridgehead atoms. The van der Waals surface area contributed by atoms with E-state index in [0.29, 0.717) is 0 Å². The van der Waals surface area contributed by atoms with Gasteiger partial charge in [0.25, 0.3) is 0 Å². The number of anilines is 1. The van der Waals surface area contributed by atoms with Crippen LogP contribution in [-0.2, 0) is 32.2 Å². The molecule has 0 spiro atoms. The normalized spacial score (nSPS) is 16.5. The average Bonchev–Trinajstić information content (AvgIpc) is 3.68. The minimum Gasteiger partial charge on any atom is -0.497 e. The molecule has 3 heterocycles. The minimum atomic E-state index is -2.74. The first-order chi connectivity index (χ1) is 20.5. The van der Waals surface area contributed by atoms with E-state index in [-0.39, 0.29) is 6.10 Å². The van der Waals surface area contributed by atoms with Gasteiger partial charge in [-0.15, -0.1) is 0 Å². The van der Waals surface area contributed by atoms with Crippen molar-refractivity contribution < 1.29 is 49.0 Å². The molecule has 14 nitrogen and oxygen atoms in total. The molecule has 2 aliphatic rings. The van der Waals surface area contributed by atoms with Crippen LogP contribution in [0.4, 0.5) is 5.95 Å². The lowest BCUT2D eigenvalue weighted by Crippen LogP contribution is -2.42. The van der Waals surface area contributed by atoms with Crippen molar-refractivity contribution >= 4 is 23.9 Å². The fraction of sp³-hybridized carbons (Fsp3) is 0.552. The summed E-state index contributed by atoms with van der Waals surface area (Å²) in [5.74, 6) is -2.47. The zero-order chi connectivity index (χ0) is 31.4. The number of aliphatic carboxylic acids is 3. The minimum absolute atomic E-state index is 0.265. The summed E-state index contributed by atoms with van der Waals surface area (Å²) in [5.41, 5.74) is -0.604. The second-order valence-corrected chi connectivity index (χ2v) is 10.5. The fourth-order valence-corrected chi connectivity index (χ4v) is 4.99. The lowest BCUT2D eigenvalue weighted by atomic mass is 9.96. The number of carboxylic acid groups (broad SMARTS) is 3. The molecule has 2 fully saturated rings. The number of rotatable bonds is 14. The molecular weight excluding hydrogens is 564 g/mol. The van der Waals surface area contributed by atoms with Crippen molar-refractivity contribution in [2.45, 2.75) is 63.3 Å². The van der Waals surface area contributed by atoms with Gasteiger partial charge in [-0.1, -0.05) is 0 Å². The molecule has 0 saturated carbocycles. The van der Waals surface area contributed by atoms with Gasteiger partial charge in [0.1, 0.15) is 11.5 Å². The molecule has 43 heavy (non-hydrogen) atoms. The molecule has 2 aromatic rings. The van der Waals surface area contributed by atoms with Crippen molar-refractivity contribution in [2.24, 2.45) is 0 Å². The topological polar surface area (TPSA) is 192 Å². The molecule has 2 saturated heterocycles. The highest BCUT2D eigenvalue weighted by molar-refractivity contribution is 5.88. The summed E-state index contributed by atoms with van der Waals surface area (Å²) in [5, 5.41) is 33.8. The van der Waals surface area contributed by atoms with E-state index in [1.807, 2.05) is 24.4 Å². The van der Waals surface area contributed by atoms with Gasteiger partial charge in [-0.05, 0) is 49.9 Å². The highest BCUT2D eigenvalue weighted by Gasteiger charge is 2.40. The molecule has 1 aromatic heterocycles. The van der Waals surface area contributed by atoms with E-state index in [2.05, 4.69) is 20.9 Å². The van der Waals surface area contributed by atoms with Crippen LogP contribution < -0.4 is 14.4 Å². The van der Waals surface area contributed by atoms with Gasteiger partial charge in [-0.3, -0.25) is 14.5 Å². The molecule has 4 rings (SSSR count). The van der Waals surface area contributed by atoms with Crippen LogP contribution in [0.2, 0.25) is 0 Å². The number of nitrogens with zero attached hydrogens (tertiary/aromatic N) is 4. The Morgan fingerprint density at radius 2 is 1.72 bits per heavy atom. The second-order valence-electron chi connectivity index (χ2n) is 10.5. The number of aliphatic hydroxyl groups is 1. The summed E-state index contributed by atoms with van der Waals surface area (Å²) < 4.78 is 17.0. The van der Waals surface area contributed by atoms with Crippen molar-refractivity contribution in [3.63, 3.8) is 0 Å². The molecule has 236 valence electrons. The third-order valence-electron chi connectivity index (χ3n) is 7.13. The van der Waals surface area contributed by atoms with E-state index in [1.54, 1.807) is 14.2 Å². The zero-order valence-electron chi connectivity index (χ0n) is 24.5. The Kier molecular flexibility index (Phi) is 12.5. The van der Waals surface area contributed by atoms with Gasteiger partial charge in [-0.25, -0.2) is 14.8 Å². The van der Waals surface area contributed by atoms with Crippen LogP contribution in [0, 0.1) is 0 Å². The monoisotopic (exact) mass is 604 g/mol. The Morgan fingerprint density at radius 3 is 2.28 bits per heavy atom. The quantitative estimate of drug-likeness (QED) is 0.245. The molecule has 0 radical (unpaired) electrons. The maximum absolute atomic E-state index is 10.3. The summed E-state index contributed by atoms with van der Waals surface area (Å²) >= 11 is 0. The van der Waals surface area contributed by atoms with Crippen LogP contribution in [-0.4, -0.2) is 105 Å². The molecule has 1 atom stereocenters. The van der Waals surface area contributed by atoms with E-state index >= 15 is 0 Å². The van der Waals surface area contributed by atoms with Crippen LogP contribution in [0.25, 0.3) is 0 Å². The van der Waals surface area contributed by atoms with Gasteiger partial charge in [0.15, 0.2) is 5.60 Å². The molecular formula is C29H40N4O10. The highest BCUT2D eigenvalue weighted by atomic mass is 16.5. The predicted molar refractivity (Wildman–Crippen MR) is 153 cm³/mol. The summed E-state index contributed by atoms with van der Waals surface area (Å²) in [6, 6.07) is 7.97. The Bertz CT molecular complexity index is 1220. The first kappa shape index (κ1) is 33.5. The molecule has 0 aliphatic carbocycles. The number of hydrogen-bond donors (Lipinski definition) is 4. The van der Waals surface area contributed by atoms with Crippen LogP contribution in [0.1, 0.15) is 49.8 Å². The van der Waals surface area contributed by atoms with Gasteiger partial charge in [0, 0.05) is 51.1 Å². The van der Waals surface area contributed by atoms with Crippen LogP contribution in [0.15, 0.2) is 30.5 Å². The van der Waals surface area contributed by atoms with Gasteiger partial charge >= 0.3 is 17.9 Å². The zero-order valence-corrected chi connectivity index (χ0v) is 24.5. The average molecular weight is 605 g/mol. The SMILES string of the molecule is COc1ccc(OC)c(CN(Cc2ccnc(N3CCCC3)n2)CC2CCCO2)c1.O=C(O)CC(O)(CC(=O)O)C(=O)O. The van der Waals surface area contributed by atoms with Crippen molar-refractivity contribution in [1.82, 2.24) is 14.9 Å². The maximum atomic E-state index is 10.3. The Balaban J connectivity index is 0.000000331. The lowest BCUT2D eigenvalue weighted by Gasteiger charge is -2.26. The highest BCUT2D eigenvalue weighted by Crippen LogP contribution is 2.27. The second kappa shape index (κ2) is 16.0. The number of aromatic nitrogens is 2. The smallest absolute Gasteiger partial charge is 0.336 e. The number of carboxylic acids is 3. The van der Waals surface area contributed by atoms with Crippen molar-refractivity contribution in [3.8, 4) is 11.5 Å². The Labute approximate surface area is 249 Å². The summed E-state index contributed by atoms with van der Waals surface area (Å²) in [7, 11) is 3.40. The lowest BCUT2D eigenvalue weighted by molar-refractivity contribution is -0.170. The summed E-state index contributed by atoms with van der Waals surface area (Å²) in [6.45, 7) is 5.29. The van der Waals surface area contributed by atoms with E-state index in [4.69, 9.17) is 39.6 Å². The fourth-order valence-electron chi connectivity index (χ4n) is 4.99. The number of benzene rings is 1. The Hall–Kier alpha value is -4.01. The number of hydrogen-bond acceptors (Lipinski definition) is 11. The predicted octanol–water partition coefficient (Wildman–Crippen LogP) is 2.03. The first-order valence-corrected chi connectivity index (χ1v) is 14.0. The van der Waals surface area contributed by atoms with Gasteiger partial charge < -0.3 is 39.5 Å². The van der Waals surface area contributed by atoms with E-state index in [1.165, 1.54) is 12.8 Å². The largest absolute Gasteiger partial charge is 0.497 e. The molecule has 2 aliphatic heterocycles. The summed E-state index contributed by atoms with van der Waals surface area (Å²) in [6.07, 6.45) is 4.53. The van der Waals surface area contributed by atoms with Crippen molar-refractivity contribution in [3.05, 3.63) is 41.7 Å². The van der Waals surface area contributed by atoms with Crippen molar-refractivity contribution in [2.75, 3.05) is 45.4 Å². The van der Waals surface area contributed by atoms with E-state index in [0.717, 1.165) is 80.9 Å². The van der Waals surface area contributed by atoms with Gasteiger partial charge in [-0.2, -0.15) is 0 Å². The number of carbonyl (C=O) groups is 3. The third-order valence-corrected chi connectivity index (χ3v) is 7.13. The van der Waals surface area contributed by atoms with Crippen LogP contribution >= 0.6 is 0 Å². The Morgan fingerprint density at radius 1 is 1.02 bits per heavy atom. The molecule has 1 aromatic carbocycles. The molecule has 4 N–H and O–H groups in total. The summed E-state index contributed by atoms with van der Waals surface area (Å²) in [4.78, 5) is 44.5. The van der Waals surface area contributed by atoms with E-state index in [9.17, 15) is 14.4 Å². The van der Waals surface area contributed by atoms with E-state index < -0.39 is 36.4 Å². The first-order valence-electron chi connectivity index (χ1n) is 14.0. The third kappa shape index (κ3) is 10.3. The standard InChI is InChI=1S/C23H32N4O3.C6H8O7/c1-28-20-7-8-22(29-2)18(14-20)15-26(17-21-6-5-13-30-21)16-19-9-10-24-23(25-19)27-11-3-4-12-27;7-3(8)1-6(13,5(11)12)2-4(9)10/h7-10,14,21H,3-6,11-13,15-17H2,1-2H3;13H,1-2H2,(H,7,8)(H,9,10)(H,11,12). The van der Waals surface area contributed by atoms with Crippen molar-refractivity contribution in [1.29, 1.82) is 0 Å². The number of methoxy groups -OCH3 is 2. The molecule has 0 amide bonds. The van der Waals surface area contributed by atoms with Gasteiger partial charge in [0.05, 0.1) is 38.9 Å². The van der Waals surface area contributed by atoms with Crippen LogP contribution in [0.5, 0.6) is 11.5 Å². The molecule has 14 heteroatoms. The number of ether oxygens (including phenoxy) is 3.